The van der Waals surface area contributed by atoms with Gasteiger partial charge in [0.2, 0.25) is 0 Å². The summed E-state index contributed by atoms with van der Waals surface area (Å²) >= 11 is 0. The van der Waals surface area contributed by atoms with Crippen LogP contribution in [0.15, 0.2) is 12.4 Å². The third-order valence-electron chi connectivity index (χ3n) is 1.63. The second-order valence-corrected chi connectivity index (χ2v) is 2.92. The van der Waals surface area contributed by atoms with Crippen LogP contribution in [0.5, 0.6) is 0 Å². The Morgan fingerprint density at radius 3 is 2.42 bits per heavy atom. The van der Waals surface area contributed by atoms with Crippen LogP contribution in [0.25, 0.3) is 0 Å². The Balaban J connectivity index is 2.80. The SMILES string of the molecule is CC(C)c1cnc(CC#N)nc1. The first kappa shape index (κ1) is 8.66. The van der Waals surface area contributed by atoms with Crippen molar-refractivity contribution in [3.05, 3.63) is 23.8 Å². The van der Waals surface area contributed by atoms with Crippen LogP contribution in [0.3, 0.4) is 0 Å². The van der Waals surface area contributed by atoms with Crippen LogP contribution < -0.4 is 0 Å². The smallest absolute Gasteiger partial charge is 0.142 e. The molecule has 62 valence electrons. The van der Waals surface area contributed by atoms with Gasteiger partial charge in [0.25, 0.3) is 0 Å². The average Bonchev–Trinajstić information content (AvgIpc) is 2.06. The molecule has 0 aromatic carbocycles. The zero-order chi connectivity index (χ0) is 8.97. The van der Waals surface area contributed by atoms with Gasteiger partial charge in [0.05, 0.1) is 12.5 Å². The van der Waals surface area contributed by atoms with Crippen LogP contribution in [0.1, 0.15) is 31.2 Å². The van der Waals surface area contributed by atoms with Gasteiger partial charge in [-0.2, -0.15) is 5.26 Å². The zero-order valence-corrected chi connectivity index (χ0v) is 7.28. The number of nitriles is 1. The summed E-state index contributed by atoms with van der Waals surface area (Å²) in [7, 11) is 0. The summed E-state index contributed by atoms with van der Waals surface area (Å²) in [5.74, 6) is 1.04. The lowest BCUT2D eigenvalue weighted by Gasteiger charge is -2.02. The minimum absolute atomic E-state index is 0.290. The van der Waals surface area contributed by atoms with Gasteiger partial charge in [0.1, 0.15) is 5.82 Å². The summed E-state index contributed by atoms with van der Waals surface area (Å²) in [5, 5.41) is 8.37. The second-order valence-electron chi connectivity index (χ2n) is 2.92. The highest BCUT2D eigenvalue weighted by atomic mass is 14.9. The number of nitrogens with zero attached hydrogens (tertiary/aromatic N) is 3. The minimum atomic E-state index is 0.290. The quantitative estimate of drug-likeness (QED) is 0.662. The highest BCUT2D eigenvalue weighted by Crippen LogP contribution is 2.10. The molecule has 0 radical (unpaired) electrons. The molecule has 0 bridgehead atoms. The minimum Gasteiger partial charge on any atom is -0.240 e. The van der Waals surface area contributed by atoms with Gasteiger partial charge >= 0.3 is 0 Å². The van der Waals surface area contributed by atoms with Gasteiger partial charge < -0.3 is 0 Å². The molecule has 0 fully saturated rings. The first-order valence-electron chi connectivity index (χ1n) is 3.92. The van der Waals surface area contributed by atoms with E-state index in [4.69, 9.17) is 5.26 Å². The lowest BCUT2D eigenvalue weighted by atomic mass is 10.1. The van der Waals surface area contributed by atoms with Gasteiger partial charge in [-0.1, -0.05) is 13.8 Å². The lowest BCUT2D eigenvalue weighted by molar-refractivity contribution is 0.832. The van der Waals surface area contributed by atoms with Crippen LogP contribution in [-0.4, -0.2) is 9.97 Å². The van der Waals surface area contributed by atoms with Crippen molar-refractivity contribution in [2.45, 2.75) is 26.2 Å². The molecule has 0 saturated carbocycles. The Bertz CT molecular complexity index is 282. The van der Waals surface area contributed by atoms with E-state index in [-0.39, 0.29) is 0 Å². The highest BCUT2D eigenvalue weighted by Gasteiger charge is 2.00. The molecule has 0 N–H and O–H groups in total. The topological polar surface area (TPSA) is 49.6 Å². The van der Waals surface area contributed by atoms with E-state index >= 15 is 0 Å². The second kappa shape index (κ2) is 3.82. The summed E-state index contributed by atoms with van der Waals surface area (Å²) < 4.78 is 0. The summed E-state index contributed by atoms with van der Waals surface area (Å²) in [5.41, 5.74) is 1.11. The maximum atomic E-state index is 8.37. The van der Waals surface area contributed by atoms with E-state index in [0.29, 0.717) is 18.2 Å². The van der Waals surface area contributed by atoms with E-state index in [1.165, 1.54) is 0 Å². The molecule has 0 atom stereocenters. The molecular formula is C9H11N3. The fourth-order valence-corrected chi connectivity index (χ4v) is 0.825. The van der Waals surface area contributed by atoms with Crippen molar-refractivity contribution in [3.63, 3.8) is 0 Å². The number of hydrogen-bond donors (Lipinski definition) is 0. The van der Waals surface area contributed by atoms with Crippen molar-refractivity contribution < 1.29 is 0 Å². The van der Waals surface area contributed by atoms with Gasteiger partial charge in [0, 0.05) is 12.4 Å². The molecule has 0 unspecified atom stereocenters. The van der Waals surface area contributed by atoms with E-state index in [0.717, 1.165) is 5.56 Å². The number of aromatic nitrogens is 2. The third kappa shape index (κ3) is 2.03. The Morgan fingerprint density at radius 1 is 1.42 bits per heavy atom. The molecule has 0 aliphatic carbocycles. The molecule has 12 heavy (non-hydrogen) atoms. The average molecular weight is 161 g/mol. The summed E-state index contributed by atoms with van der Waals surface area (Å²) in [4.78, 5) is 8.11. The van der Waals surface area contributed by atoms with E-state index < -0.39 is 0 Å². The Labute approximate surface area is 72.1 Å². The van der Waals surface area contributed by atoms with Gasteiger partial charge in [-0.3, -0.25) is 0 Å². The molecule has 0 amide bonds. The van der Waals surface area contributed by atoms with Gasteiger partial charge in [0.15, 0.2) is 0 Å². The molecule has 0 aliphatic rings. The van der Waals surface area contributed by atoms with Gasteiger partial charge in [-0.15, -0.1) is 0 Å². The normalized spacial score (nSPS) is 9.83. The largest absolute Gasteiger partial charge is 0.240 e. The van der Waals surface area contributed by atoms with Crippen molar-refractivity contribution in [3.8, 4) is 6.07 Å². The molecule has 1 aromatic rings. The van der Waals surface area contributed by atoms with Gasteiger partial charge in [-0.25, -0.2) is 9.97 Å². The van der Waals surface area contributed by atoms with Crippen molar-refractivity contribution >= 4 is 0 Å². The first-order chi connectivity index (χ1) is 5.74. The van der Waals surface area contributed by atoms with E-state index in [1.54, 1.807) is 12.4 Å². The predicted octanol–water partition coefficient (Wildman–Crippen LogP) is 1.67. The van der Waals surface area contributed by atoms with Crippen molar-refractivity contribution in [1.29, 1.82) is 5.26 Å². The fourth-order valence-electron chi connectivity index (χ4n) is 0.825. The van der Waals surface area contributed by atoms with Crippen LogP contribution in [0.4, 0.5) is 0 Å². The van der Waals surface area contributed by atoms with E-state index in [2.05, 4.69) is 23.8 Å². The molecule has 0 spiro atoms. The van der Waals surface area contributed by atoms with E-state index in [1.807, 2.05) is 6.07 Å². The first-order valence-corrected chi connectivity index (χ1v) is 3.92. The van der Waals surface area contributed by atoms with E-state index in [9.17, 15) is 0 Å². The van der Waals surface area contributed by atoms with Crippen molar-refractivity contribution in [1.82, 2.24) is 9.97 Å². The van der Waals surface area contributed by atoms with Crippen LogP contribution in [-0.2, 0) is 6.42 Å². The molecule has 1 heterocycles. The van der Waals surface area contributed by atoms with Gasteiger partial charge in [-0.05, 0) is 11.5 Å². The maximum absolute atomic E-state index is 8.37. The molecule has 1 aromatic heterocycles. The summed E-state index contributed by atoms with van der Waals surface area (Å²) in [6.07, 6.45) is 3.85. The maximum Gasteiger partial charge on any atom is 0.142 e. The number of hydrogen-bond acceptors (Lipinski definition) is 3. The van der Waals surface area contributed by atoms with Crippen molar-refractivity contribution in [2.75, 3.05) is 0 Å². The van der Waals surface area contributed by atoms with Crippen LogP contribution in [0.2, 0.25) is 0 Å². The predicted molar refractivity (Wildman–Crippen MR) is 45.4 cm³/mol. The summed E-state index contributed by atoms with van der Waals surface area (Å²) in [6.45, 7) is 4.17. The van der Waals surface area contributed by atoms with Crippen LogP contribution in [0, 0.1) is 11.3 Å². The standard InChI is InChI=1S/C9H11N3/c1-7(2)8-5-11-9(3-4-10)12-6-8/h5-7H,3H2,1-2H3. The summed E-state index contributed by atoms with van der Waals surface area (Å²) in [6, 6.07) is 2.01. The van der Waals surface area contributed by atoms with Crippen molar-refractivity contribution in [2.24, 2.45) is 0 Å². The molecule has 0 saturated heterocycles. The molecule has 3 nitrogen and oxygen atoms in total. The third-order valence-corrected chi connectivity index (χ3v) is 1.63. The zero-order valence-electron chi connectivity index (χ0n) is 7.28. The molecular weight excluding hydrogens is 150 g/mol. The molecule has 0 aliphatic heterocycles. The number of rotatable bonds is 2. The monoisotopic (exact) mass is 161 g/mol. The Hall–Kier alpha value is -1.43. The fraction of sp³-hybridized carbons (Fsp3) is 0.444. The Kier molecular flexibility index (Phi) is 2.76. The Morgan fingerprint density at radius 2 is 2.00 bits per heavy atom. The molecule has 1 rings (SSSR count). The highest BCUT2D eigenvalue weighted by molar-refractivity contribution is 5.10. The lowest BCUT2D eigenvalue weighted by Crippen LogP contribution is -1.96. The van der Waals surface area contributed by atoms with Crippen LogP contribution >= 0.6 is 0 Å². The molecule has 3 heteroatoms.